The van der Waals surface area contributed by atoms with Gasteiger partial charge in [-0.25, -0.2) is 0 Å². The number of alkyl halides is 3. The van der Waals surface area contributed by atoms with Crippen LogP contribution in [0, 0.1) is 0 Å². The lowest BCUT2D eigenvalue weighted by atomic mass is 10.2. The number of benzene rings is 1. The monoisotopic (exact) mass is 389 g/mol. The van der Waals surface area contributed by atoms with Gasteiger partial charge in [0.1, 0.15) is 0 Å². The summed E-state index contributed by atoms with van der Waals surface area (Å²) in [6.07, 6.45) is -4.53. The molecule has 4 N–H and O–H groups in total. The maximum atomic E-state index is 12.7. The molecule has 1 aromatic carbocycles. The Morgan fingerprint density at radius 1 is 1.24 bits per heavy atom. The molecule has 0 aromatic heterocycles. The lowest BCUT2D eigenvalue weighted by Gasteiger charge is -2.12. The maximum absolute atomic E-state index is 12.7. The molecule has 0 atom stereocenters. The number of nitrogens with one attached hydrogen (secondary N) is 2. The highest BCUT2D eigenvalue weighted by Gasteiger charge is 2.33. The van der Waals surface area contributed by atoms with E-state index in [1.54, 1.807) is 0 Å². The second-order valence-corrected chi connectivity index (χ2v) is 4.58. The minimum atomic E-state index is -4.53. The third-order valence-corrected chi connectivity index (χ3v) is 2.88. The Balaban J connectivity index is 0.00000400. The summed E-state index contributed by atoms with van der Waals surface area (Å²) in [6, 6.07) is 3.28. The van der Waals surface area contributed by atoms with Crippen molar-refractivity contribution in [1.82, 2.24) is 5.32 Å². The molecular formula is C11H12BrClF3N3O2. The fraction of sp³-hybridized carbons (Fsp3) is 0.273. The summed E-state index contributed by atoms with van der Waals surface area (Å²) in [7, 11) is 0. The van der Waals surface area contributed by atoms with Crippen LogP contribution >= 0.6 is 28.3 Å². The van der Waals surface area contributed by atoms with Gasteiger partial charge in [0.05, 0.1) is 18.7 Å². The van der Waals surface area contributed by atoms with Crippen molar-refractivity contribution < 1.29 is 22.8 Å². The van der Waals surface area contributed by atoms with E-state index in [-0.39, 0.29) is 35.7 Å². The molecule has 118 valence electrons. The summed E-state index contributed by atoms with van der Waals surface area (Å²) in [5, 5.41) is 4.45. The second-order valence-electron chi connectivity index (χ2n) is 3.72. The number of anilines is 1. The predicted molar refractivity (Wildman–Crippen MR) is 77.1 cm³/mol. The number of rotatable bonds is 4. The first-order valence-electron chi connectivity index (χ1n) is 5.37. The molecule has 21 heavy (non-hydrogen) atoms. The highest BCUT2D eigenvalue weighted by Crippen LogP contribution is 2.36. The van der Waals surface area contributed by atoms with Crippen LogP contribution in [0.25, 0.3) is 0 Å². The minimum absolute atomic E-state index is 0. The lowest BCUT2D eigenvalue weighted by Crippen LogP contribution is -2.36. The van der Waals surface area contributed by atoms with Gasteiger partial charge in [-0.15, -0.1) is 12.4 Å². The van der Waals surface area contributed by atoms with E-state index in [4.69, 9.17) is 5.73 Å². The van der Waals surface area contributed by atoms with Crippen molar-refractivity contribution in [1.29, 1.82) is 0 Å². The molecule has 0 fully saturated rings. The molecule has 0 aliphatic rings. The van der Waals surface area contributed by atoms with Crippen molar-refractivity contribution in [3.8, 4) is 0 Å². The van der Waals surface area contributed by atoms with Crippen molar-refractivity contribution in [3.63, 3.8) is 0 Å². The fourth-order valence-electron chi connectivity index (χ4n) is 1.28. The fourth-order valence-corrected chi connectivity index (χ4v) is 1.75. The van der Waals surface area contributed by atoms with Crippen LogP contribution in [0.2, 0.25) is 0 Å². The SMILES string of the molecule is Cl.NCC(=O)NCC(=O)Nc1ccc(Br)c(C(F)(F)F)c1. The molecule has 0 aliphatic carbocycles. The number of hydrogen-bond acceptors (Lipinski definition) is 3. The molecule has 0 saturated heterocycles. The zero-order chi connectivity index (χ0) is 15.3. The first-order valence-corrected chi connectivity index (χ1v) is 6.16. The first kappa shape index (κ1) is 19.7. The largest absolute Gasteiger partial charge is 0.417 e. The highest BCUT2D eigenvalue weighted by molar-refractivity contribution is 9.10. The summed E-state index contributed by atoms with van der Waals surface area (Å²) in [5.41, 5.74) is 4.10. The van der Waals surface area contributed by atoms with Gasteiger partial charge in [-0.05, 0) is 18.2 Å². The predicted octanol–water partition coefficient (Wildman–Crippen LogP) is 1.90. The number of nitrogens with two attached hydrogens (primary N) is 1. The normalized spacial score (nSPS) is 10.5. The van der Waals surface area contributed by atoms with Crippen LogP contribution < -0.4 is 16.4 Å². The highest BCUT2D eigenvalue weighted by atomic mass is 79.9. The van der Waals surface area contributed by atoms with Crippen LogP contribution in [-0.4, -0.2) is 24.9 Å². The van der Waals surface area contributed by atoms with Crippen LogP contribution in [0.4, 0.5) is 18.9 Å². The molecule has 1 aromatic rings. The molecule has 0 spiro atoms. The zero-order valence-electron chi connectivity index (χ0n) is 10.5. The molecule has 2 amide bonds. The van der Waals surface area contributed by atoms with E-state index in [1.165, 1.54) is 12.1 Å². The summed E-state index contributed by atoms with van der Waals surface area (Å²) >= 11 is 2.79. The Morgan fingerprint density at radius 3 is 2.38 bits per heavy atom. The average molecular weight is 391 g/mol. The van der Waals surface area contributed by atoms with E-state index in [9.17, 15) is 22.8 Å². The summed E-state index contributed by atoms with van der Waals surface area (Å²) < 4.78 is 37.8. The van der Waals surface area contributed by atoms with Crippen LogP contribution in [0.1, 0.15) is 5.56 Å². The lowest BCUT2D eigenvalue weighted by molar-refractivity contribution is -0.138. The van der Waals surface area contributed by atoms with Crippen LogP contribution in [0.5, 0.6) is 0 Å². The van der Waals surface area contributed by atoms with E-state index in [1.807, 2.05) is 0 Å². The Morgan fingerprint density at radius 2 is 1.86 bits per heavy atom. The van der Waals surface area contributed by atoms with Crippen LogP contribution in [0.15, 0.2) is 22.7 Å². The molecule has 5 nitrogen and oxygen atoms in total. The number of amides is 2. The van der Waals surface area contributed by atoms with Gasteiger partial charge in [-0.2, -0.15) is 13.2 Å². The molecule has 1 rings (SSSR count). The minimum Gasteiger partial charge on any atom is -0.346 e. The smallest absolute Gasteiger partial charge is 0.346 e. The summed E-state index contributed by atoms with van der Waals surface area (Å²) in [4.78, 5) is 22.2. The molecule has 0 heterocycles. The van der Waals surface area contributed by atoms with Crippen molar-refractivity contribution >= 4 is 45.8 Å². The number of carbonyl (C=O) groups excluding carboxylic acids is 2. The molecule has 10 heteroatoms. The van der Waals surface area contributed by atoms with Crippen LogP contribution in [-0.2, 0) is 15.8 Å². The van der Waals surface area contributed by atoms with Gasteiger partial charge < -0.3 is 16.4 Å². The van der Waals surface area contributed by atoms with Crippen molar-refractivity contribution in [2.75, 3.05) is 18.4 Å². The van der Waals surface area contributed by atoms with Gasteiger partial charge in [0, 0.05) is 10.2 Å². The molecule has 0 aliphatic heterocycles. The van der Waals surface area contributed by atoms with Crippen LogP contribution in [0.3, 0.4) is 0 Å². The Hall–Kier alpha value is -1.32. The molecule has 0 radical (unpaired) electrons. The number of carbonyl (C=O) groups is 2. The van der Waals surface area contributed by atoms with Crippen molar-refractivity contribution in [2.45, 2.75) is 6.18 Å². The van der Waals surface area contributed by atoms with E-state index >= 15 is 0 Å². The number of halogens is 5. The standard InChI is InChI=1S/C11H11BrF3N3O2.ClH/c12-8-2-1-6(3-7(8)11(13,14)15)18-10(20)5-17-9(19)4-16;/h1-3H,4-5,16H2,(H,17,19)(H,18,20);1H. The molecular weight excluding hydrogens is 378 g/mol. The van der Waals surface area contributed by atoms with Crippen molar-refractivity contribution in [2.24, 2.45) is 5.73 Å². The van der Waals surface area contributed by atoms with Gasteiger partial charge in [-0.3, -0.25) is 9.59 Å². The summed E-state index contributed by atoms with van der Waals surface area (Å²) in [6.45, 7) is -0.642. The van der Waals surface area contributed by atoms with E-state index in [2.05, 4.69) is 26.6 Å². The topological polar surface area (TPSA) is 84.2 Å². The van der Waals surface area contributed by atoms with Gasteiger partial charge in [0.2, 0.25) is 11.8 Å². The molecule has 0 saturated carbocycles. The van der Waals surface area contributed by atoms with Gasteiger partial charge >= 0.3 is 6.18 Å². The van der Waals surface area contributed by atoms with Gasteiger partial charge in [0.15, 0.2) is 0 Å². The first-order chi connectivity index (χ1) is 9.24. The molecule has 0 bridgehead atoms. The Bertz CT molecular complexity index is 526. The third-order valence-electron chi connectivity index (χ3n) is 2.19. The quantitative estimate of drug-likeness (QED) is 0.734. The average Bonchev–Trinajstić information content (AvgIpc) is 2.37. The molecule has 0 unspecified atom stereocenters. The summed E-state index contributed by atoms with van der Waals surface area (Å²) in [5.74, 6) is -1.19. The zero-order valence-corrected chi connectivity index (χ0v) is 12.9. The van der Waals surface area contributed by atoms with Crippen molar-refractivity contribution in [3.05, 3.63) is 28.2 Å². The van der Waals surface area contributed by atoms with Gasteiger partial charge in [0.25, 0.3) is 0 Å². The Kier molecular flexibility index (Phi) is 7.69. The van der Waals surface area contributed by atoms with E-state index < -0.39 is 23.6 Å². The van der Waals surface area contributed by atoms with Gasteiger partial charge in [-0.1, -0.05) is 15.9 Å². The maximum Gasteiger partial charge on any atom is 0.417 e. The second kappa shape index (κ2) is 8.20. The van der Waals surface area contributed by atoms with E-state index in [0.717, 1.165) is 6.07 Å². The van der Waals surface area contributed by atoms with E-state index in [0.29, 0.717) is 0 Å². The third kappa shape index (κ3) is 6.32. The Labute approximate surface area is 133 Å². The number of hydrogen-bond donors (Lipinski definition) is 3.